The number of hydrogen-bond donors (Lipinski definition) is 1. The van der Waals surface area contributed by atoms with Crippen LogP contribution in [0.3, 0.4) is 0 Å². The number of pyridine rings is 1. The lowest BCUT2D eigenvalue weighted by Crippen LogP contribution is -2.32. The fourth-order valence-electron chi connectivity index (χ4n) is 3.69. The third kappa shape index (κ3) is 4.22. The number of hydrogen-bond acceptors (Lipinski definition) is 5. The molecule has 3 rings (SSSR count). The number of aliphatic hydroxyl groups excluding tert-OH is 1. The summed E-state index contributed by atoms with van der Waals surface area (Å²) in [5.41, 5.74) is 3.22. The van der Waals surface area contributed by atoms with E-state index in [2.05, 4.69) is 4.98 Å². The van der Waals surface area contributed by atoms with E-state index in [1.54, 1.807) is 23.4 Å². The summed E-state index contributed by atoms with van der Waals surface area (Å²) in [7, 11) is 3.93. The van der Waals surface area contributed by atoms with E-state index in [-0.39, 0.29) is 11.3 Å². The van der Waals surface area contributed by atoms with Crippen molar-refractivity contribution in [3.63, 3.8) is 0 Å². The van der Waals surface area contributed by atoms with E-state index < -0.39 is 17.7 Å². The highest BCUT2D eigenvalue weighted by atomic mass is 16.3. The zero-order valence-electron chi connectivity index (χ0n) is 17.3. The summed E-state index contributed by atoms with van der Waals surface area (Å²) in [5.74, 6) is -1.36. The fraction of sp³-hybridized carbons (Fsp3) is 0.348. The molecule has 1 amide bonds. The molecule has 6 nitrogen and oxygen atoms in total. The van der Waals surface area contributed by atoms with Gasteiger partial charge in [0.2, 0.25) is 0 Å². The van der Waals surface area contributed by atoms with Crippen molar-refractivity contribution in [2.75, 3.05) is 27.2 Å². The van der Waals surface area contributed by atoms with Crippen LogP contribution in [0.4, 0.5) is 0 Å². The molecule has 0 radical (unpaired) electrons. The summed E-state index contributed by atoms with van der Waals surface area (Å²) in [6.07, 6.45) is 4.01. The fourth-order valence-corrected chi connectivity index (χ4v) is 3.69. The SMILES string of the molecule is Cc1ccc(C)c(C(O)=C2C(=O)C(=O)N(CCCN(C)C)[C@H]2c2cccnc2)c1. The Balaban J connectivity index is 2.12. The van der Waals surface area contributed by atoms with Crippen LogP contribution in [0.5, 0.6) is 0 Å². The van der Waals surface area contributed by atoms with Gasteiger partial charge in [-0.1, -0.05) is 23.8 Å². The van der Waals surface area contributed by atoms with Crippen LogP contribution in [-0.2, 0) is 9.59 Å². The Labute approximate surface area is 171 Å². The summed E-state index contributed by atoms with van der Waals surface area (Å²) in [6.45, 7) is 5.01. The third-order valence-electron chi connectivity index (χ3n) is 5.19. The van der Waals surface area contributed by atoms with Crippen molar-refractivity contribution in [2.45, 2.75) is 26.3 Å². The standard InChI is InChI=1S/C23H27N3O3/c1-15-8-9-16(2)18(13-15)21(27)19-20(17-7-5-10-24-14-17)26(23(29)22(19)28)12-6-11-25(3)4/h5,7-10,13-14,20,27H,6,11-12H2,1-4H3/t20-/m0/s1. The molecule has 1 aromatic carbocycles. The number of aryl methyl sites for hydroxylation is 2. The molecule has 1 atom stereocenters. The summed E-state index contributed by atoms with van der Waals surface area (Å²) in [5, 5.41) is 11.1. The van der Waals surface area contributed by atoms with Crippen LogP contribution in [-0.4, -0.2) is 58.8 Å². The highest BCUT2D eigenvalue weighted by molar-refractivity contribution is 6.46. The van der Waals surface area contributed by atoms with Gasteiger partial charge in [-0.15, -0.1) is 0 Å². The van der Waals surface area contributed by atoms with Crippen molar-refractivity contribution in [1.82, 2.24) is 14.8 Å². The highest BCUT2D eigenvalue weighted by Gasteiger charge is 2.46. The largest absolute Gasteiger partial charge is 0.507 e. The first-order chi connectivity index (χ1) is 13.8. The Morgan fingerprint density at radius 1 is 1.21 bits per heavy atom. The molecule has 2 heterocycles. The molecule has 0 unspecified atom stereocenters. The topological polar surface area (TPSA) is 73.7 Å². The number of carbonyl (C=O) groups excluding carboxylic acids is 2. The first kappa shape index (κ1) is 20.7. The van der Waals surface area contributed by atoms with Crippen molar-refractivity contribution in [1.29, 1.82) is 0 Å². The van der Waals surface area contributed by atoms with Gasteiger partial charge in [0.1, 0.15) is 5.76 Å². The van der Waals surface area contributed by atoms with Crippen LogP contribution in [0.1, 0.15) is 34.7 Å². The highest BCUT2D eigenvalue weighted by Crippen LogP contribution is 2.39. The average molecular weight is 393 g/mol. The number of carbonyl (C=O) groups is 2. The molecule has 1 saturated heterocycles. The molecule has 0 saturated carbocycles. The first-order valence-electron chi connectivity index (χ1n) is 9.72. The number of benzene rings is 1. The number of amides is 1. The van der Waals surface area contributed by atoms with Gasteiger partial charge < -0.3 is 14.9 Å². The number of ketones is 1. The molecule has 6 heteroatoms. The lowest BCUT2D eigenvalue weighted by Gasteiger charge is -2.25. The normalized spacial score (nSPS) is 18.7. The summed E-state index contributed by atoms with van der Waals surface area (Å²) >= 11 is 0. The van der Waals surface area contributed by atoms with Crippen LogP contribution >= 0.6 is 0 Å². The predicted molar refractivity (Wildman–Crippen MR) is 112 cm³/mol. The number of likely N-dealkylation sites (tertiary alicyclic amines) is 1. The van der Waals surface area contributed by atoms with Crippen LogP contribution < -0.4 is 0 Å². The van der Waals surface area contributed by atoms with Gasteiger partial charge in [0.15, 0.2) is 0 Å². The Morgan fingerprint density at radius 2 is 1.97 bits per heavy atom. The number of rotatable bonds is 6. The molecular weight excluding hydrogens is 366 g/mol. The van der Waals surface area contributed by atoms with Gasteiger partial charge >= 0.3 is 0 Å². The molecule has 152 valence electrons. The Kier molecular flexibility index (Phi) is 6.13. The molecule has 1 aromatic heterocycles. The van der Waals surface area contributed by atoms with Crippen molar-refractivity contribution in [3.05, 3.63) is 70.6 Å². The molecule has 1 N–H and O–H groups in total. The van der Waals surface area contributed by atoms with E-state index in [1.807, 2.05) is 57.1 Å². The molecule has 1 fully saturated rings. The first-order valence-corrected chi connectivity index (χ1v) is 9.72. The minimum Gasteiger partial charge on any atom is -0.507 e. The van der Waals surface area contributed by atoms with E-state index in [9.17, 15) is 14.7 Å². The zero-order chi connectivity index (χ0) is 21.1. The van der Waals surface area contributed by atoms with Crippen molar-refractivity contribution < 1.29 is 14.7 Å². The van der Waals surface area contributed by atoms with Crippen LogP contribution in [0.15, 0.2) is 48.3 Å². The Bertz CT molecular complexity index is 951. The van der Waals surface area contributed by atoms with Gasteiger partial charge in [-0.25, -0.2) is 0 Å². The molecule has 0 spiro atoms. The maximum atomic E-state index is 13.0. The van der Waals surface area contributed by atoms with Crippen LogP contribution in [0.2, 0.25) is 0 Å². The van der Waals surface area contributed by atoms with E-state index >= 15 is 0 Å². The van der Waals surface area contributed by atoms with Gasteiger partial charge in [-0.2, -0.15) is 0 Å². The van der Waals surface area contributed by atoms with Crippen LogP contribution in [0.25, 0.3) is 5.76 Å². The van der Waals surface area contributed by atoms with Crippen LogP contribution in [0, 0.1) is 13.8 Å². The maximum Gasteiger partial charge on any atom is 0.295 e. The second-order valence-corrected chi connectivity index (χ2v) is 7.75. The summed E-state index contributed by atoms with van der Waals surface area (Å²) < 4.78 is 0. The molecule has 29 heavy (non-hydrogen) atoms. The number of Topliss-reactive ketones (excluding diaryl/α,β-unsaturated/α-hetero) is 1. The van der Waals surface area contributed by atoms with E-state index in [0.29, 0.717) is 17.7 Å². The second kappa shape index (κ2) is 8.57. The predicted octanol–water partition coefficient (Wildman–Crippen LogP) is 3.07. The quantitative estimate of drug-likeness (QED) is 0.464. The van der Waals surface area contributed by atoms with E-state index in [0.717, 1.165) is 24.1 Å². The lowest BCUT2D eigenvalue weighted by molar-refractivity contribution is -0.139. The van der Waals surface area contributed by atoms with Gasteiger partial charge in [0.25, 0.3) is 11.7 Å². The molecule has 0 bridgehead atoms. The van der Waals surface area contributed by atoms with Crippen molar-refractivity contribution in [3.8, 4) is 0 Å². The summed E-state index contributed by atoms with van der Waals surface area (Å²) in [6, 6.07) is 8.64. The minimum atomic E-state index is -0.651. The average Bonchev–Trinajstić information content (AvgIpc) is 2.94. The van der Waals surface area contributed by atoms with Gasteiger partial charge in [-0.05, 0) is 64.2 Å². The van der Waals surface area contributed by atoms with Crippen molar-refractivity contribution >= 4 is 17.4 Å². The lowest BCUT2D eigenvalue weighted by atomic mass is 9.94. The van der Waals surface area contributed by atoms with Gasteiger partial charge in [-0.3, -0.25) is 14.6 Å². The maximum absolute atomic E-state index is 13.0. The number of aromatic nitrogens is 1. The molecule has 1 aliphatic rings. The van der Waals surface area contributed by atoms with Gasteiger partial charge in [0.05, 0.1) is 11.6 Å². The monoisotopic (exact) mass is 393 g/mol. The molecule has 0 aliphatic carbocycles. The minimum absolute atomic E-state index is 0.126. The Morgan fingerprint density at radius 3 is 2.62 bits per heavy atom. The van der Waals surface area contributed by atoms with E-state index in [4.69, 9.17) is 0 Å². The number of aliphatic hydroxyl groups is 1. The summed E-state index contributed by atoms with van der Waals surface area (Å²) in [4.78, 5) is 33.6. The molecule has 2 aromatic rings. The van der Waals surface area contributed by atoms with Gasteiger partial charge in [0, 0.05) is 24.5 Å². The smallest absolute Gasteiger partial charge is 0.295 e. The number of nitrogens with zero attached hydrogens (tertiary/aromatic N) is 3. The van der Waals surface area contributed by atoms with Crippen molar-refractivity contribution in [2.24, 2.45) is 0 Å². The molecule has 1 aliphatic heterocycles. The van der Waals surface area contributed by atoms with E-state index in [1.165, 1.54) is 0 Å². The zero-order valence-corrected chi connectivity index (χ0v) is 17.3. The second-order valence-electron chi connectivity index (χ2n) is 7.75. The molecular formula is C23H27N3O3. The third-order valence-corrected chi connectivity index (χ3v) is 5.19. The Hall–Kier alpha value is -2.99.